The minimum atomic E-state index is 0.663. The molecule has 0 saturated carbocycles. The smallest absolute Gasteiger partial charge is 0.182 e. The van der Waals surface area contributed by atoms with Crippen LogP contribution in [0.25, 0.3) is 16.7 Å². The van der Waals surface area contributed by atoms with Crippen molar-refractivity contribution in [2.45, 2.75) is 13.8 Å². The summed E-state index contributed by atoms with van der Waals surface area (Å²) in [6.45, 7) is 4.17. The fourth-order valence-electron chi connectivity index (χ4n) is 2.58. The Labute approximate surface area is 136 Å². The van der Waals surface area contributed by atoms with Crippen LogP contribution in [0.5, 0.6) is 5.75 Å². The van der Waals surface area contributed by atoms with Crippen LogP contribution in [0.15, 0.2) is 34.8 Å². The van der Waals surface area contributed by atoms with Gasteiger partial charge in [0, 0.05) is 10.2 Å². The summed E-state index contributed by atoms with van der Waals surface area (Å²) in [4.78, 5) is 3.24. The Balaban J connectivity index is 2.36. The van der Waals surface area contributed by atoms with Crippen molar-refractivity contribution in [2.75, 3.05) is 7.11 Å². The molecule has 1 aromatic heterocycles. The summed E-state index contributed by atoms with van der Waals surface area (Å²) in [5.41, 5.74) is 5.36. The molecule has 0 bridgehead atoms. The number of nitrogens with zero attached hydrogens (tertiary/aromatic N) is 1. The van der Waals surface area contributed by atoms with Gasteiger partial charge in [0.25, 0.3) is 0 Å². The van der Waals surface area contributed by atoms with Gasteiger partial charge in [-0.15, -0.1) is 0 Å². The van der Waals surface area contributed by atoms with E-state index in [0.29, 0.717) is 4.77 Å². The zero-order chi connectivity index (χ0) is 15.1. The van der Waals surface area contributed by atoms with Crippen LogP contribution in [0.4, 0.5) is 0 Å². The SMILES string of the molecule is COc1cccc2c1[nH]c(=S)n2-c1cc(C)c(Br)c(C)c1. The highest BCUT2D eigenvalue weighted by atomic mass is 79.9. The predicted octanol–water partition coefficient (Wildman–Crippen LogP) is 5.08. The van der Waals surface area contributed by atoms with Crippen molar-refractivity contribution in [2.24, 2.45) is 0 Å². The number of nitrogens with one attached hydrogen (secondary N) is 1. The maximum Gasteiger partial charge on any atom is 0.182 e. The van der Waals surface area contributed by atoms with Crippen molar-refractivity contribution >= 4 is 39.2 Å². The van der Waals surface area contributed by atoms with E-state index in [2.05, 4.69) is 46.9 Å². The number of methoxy groups -OCH3 is 1. The van der Waals surface area contributed by atoms with Gasteiger partial charge in [0.15, 0.2) is 4.77 Å². The van der Waals surface area contributed by atoms with Gasteiger partial charge in [-0.25, -0.2) is 0 Å². The number of aromatic nitrogens is 2. The highest BCUT2D eigenvalue weighted by Crippen LogP contribution is 2.30. The van der Waals surface area contributed by atoms with Crippen LogP contribution in [-0.2, 0) is 0 Å². The second-order valence-corrected chi connectivity index (χ2v) is 6.19. The number of aryl methyl sites for hydroxylation is 2. The van der Waals surface area contributed by atoms with Crippen LogP contribution in [0.1, 0.15) is 11.1 Å². The molecule has 0 atom stereocenters. The molecule has 3 rings (SSSR count). The summed E-state index contributed by atoms with van der Waals surface area (Å²) < 4.78 is 9.24. The van der Waals surface area contributed by atoms with E-state index >= 15 is 0 Å². The third-order valence-electron chi connectivity index (χ3n) is 3.58. The number of fused-ring (bicyclic) bond motifs is 1. The minimum absolute atomic E-state index is 0.663. The fraction of sp³-hybridized carbons (Fsp3) is 0.188. The molecule has 21 heavy (non-hydrogen) atoms. The molecule has 0 amide bonds. The quantitative estimate of drug-likeness (QED) is 0.644. The van der Waals surface area contributed by atoms with Gasteiger partial charge in [0.05, 0.1) is 12.6 Å². The first-order valence-corrected chi connectivity index (χ1v) is 7.78. The maximum atomic E-state index is 5.50. The van der Waals surface area contributed by atoms with Crippen molar-refractivity contribution in [3.63, 3.8) is 0 Å². The van der Waals surface area contributed by atoms with Crippen LogP contribution < -0.4 is 4.74 Å². The molecule has 1 N–H and O–H groups in total. The van der Waals surface area contributed by atoms with E-state index in [9.17, 15) is 0 Å². The highest BCUT2D eigenvalue weighted by molar-refractivity contribution is 9.10. The van der Waals surface area contributed by atoms with E-state index in [1.807, 2.05) is 22.8 Å². The van der Waals surface area contributed by atoms with Crippen LogP contribution in [-0.4, -0.2) is 16.7 Å². The third-order valence-corrected chi connectivity index (χ3v) is 5.11. The molecule has 0 aliphatic heterocycles. The number of rotatable bonds is 2. The third kappa shape index (κ3) is 2.30. The van der Waals surface area contributed by atoms with E-state index in [1.165, 1.54) is 11.1 Å². The second-order valence-electron chi connectivity index (χ2n) is 5.01. The zero-order valence-electron chi connectivity index (χ0n) is 12.0. The summed E-state index contributed by atoms with van der Waals surface area (Å²) in [5, 5.41) is 0. The molecular formula is C16H15BrN2OS. The zero-order valence-corrected chi connectivity index (χ0v) is 14.4. The Morgan fingerprint density at radius 1 is 1.19 bits per heavy atom. The molecule has 2 aromatic carbocycles. The number of H-pyrrole nitrogens is 1. The number of para-hydroxylation sites is 1. The molecule has 0 unspecified atom stereocenters. The lowest BCUT2D eigenvalue weighted by atomic mass is 10.1. The Morgan fingerprint density at radius 3 is 2.48 bits per heavy atom. The van der Waals surface area contributed by atoms with E-state index in [-0.39, 0.29) is 0 Å². The monoisotopic (exact) mass is 362 g/mol. The van der Waals surface area contributed by atoms with Gasteiger partial charge in [-0.1, -0.05) is 22.0 Å². The molecule has 3 aromatic rings. The molecule has 3 nitrogen and oxygen atoms in total. The number of aromatic amines is 1. The normalized spacial score (nSPS) is 11.0. The van der Waals surface area contributed by atoms with E-state index in [1.54, 1.807) is 7.11 Å². The van der Waals surface area contributed by atoms with Crippen LogP contribution in [0.3, 0.4) is 0 Å². The van der Waals surface area contributed by atoms with Crippen molar-refractivity contribution < 1.29 is 4.74 Å². The first-order valence-electron chi connectivity index (χ1n) is 6.58. The highest BCUT2D eigenvalue weighted by Gasteiger charge is 2.12. The van der Waals surface area contributed by atoms with Crippen LogP contribution in [0.2, 0.25) is 0 Å². The van der Waals surface area contributed by atoms with Crippen molar-refractivity contribution in [1.82, 2.24) is 9.55 Å². The van der Waals surface area contributed by atoms with E-state index < -0.39 is 0 Å². The van der Waals surface area contributed by atoms with E-state index in [4.69, 9.17) is 17.0 Å². The lowest BCUT2D eigenvalue weighted by molar-refractivity contribution is 0.419. The predicted molar refractivity (Wildman–Crippen MR) is 92.2 cm³/mol. The molecule has 0 aliphatic rings. The van der Waals surface area contributed by atoms with Gasteiger partial charge in [-0.05, 0) is 61.5 Å². The topological polar surface area (TPSA) is 29.9 Å². The Bertz CT molecular complexity index is 872. The first-order chi connectivity index (χ1) is 10.0. The number of hydrogen-bond acceptors (Lipinski definition) is 2. The first kappa shape index (κ1) is 14.4. The summed E-state index contributed by atoms with van der Waals surface area (Å²) in [5.74, 6) is 0.794. The molecule has 5 heteroatoms. The fourth-order valence-corrected chi connectivity index (χ4v) is 3.12. The number of ether oxygens (including phenoxy) is 1. The van der Waals surface area contributed by atoms with Gasteiger partial charge >= 0.3 is 0 Å². The molecule has 108 valence electrons. The average Bonchev–Trinajstić information content (AvgIpc) is 2.80. The molecule has 0 aliphatic carbocycles. The average molecular weight is 363 g/mol. The summed E-state index contributed by atoms with van der Waals surface area (Å²) in [6.07, 6.45) is 0. The van der Waals surface area contributed by atoms with Gasteiger partial charge in [0.1, 0.15) is 11.3 Å². The Hall–Kier alpha value is -1.59. The lowest BCUT2D eigenvalue weighted by Gasteiger charge is -2.10. The standard InChI is InChI=1S/C16H15BrN2OS/c1-9-7-11(8-10(2)14(9)17)19-12-5-4-6-13(20-3)15(12)18-16(19)21/h4-8H,1-3H3,(H,18,21). The number of hydrogen-bond donors (Lipinski definition) is 1. The molecule has 0 spiro atoms. The van der Waals surface area contributed by atoms with Crippen LogP contribution >= 0.6 is 28.1 Å². The maximum absolute atomic E-state index is 5.50. The largest absolute Gasteiger partial charge is 0.494 e. The molecule has 0 saturated heterocycles. The lowest BCUT2D eigenvalue weighted by Crippen LogP contribution is -1.96. The number of halogens is 1. The van der Waals surface area contributed by atoms with Gasteiger partial charge in [-0.2, -0.15) is 0 Å². The summed E-state index contributed by atoms with van der Waals surface area (Å²) in [6, 6.07) is 10.2. The van der Waals surface area contributed by atoms with Gasteiger partial charge in [-0.3, -0.25) is 4.57 Å². The van der Waals surface area contributed by atoms with E-state index in [0.717, 1.165) is 26.9 Å². The minimum Gasteiger partial charge on any atom is -0.494 e. The molecule has 0 radical (unpaired) electrons. The molecular weight excluding hydrogens is 348 g/mol. The number of imidazole rings is 1. The van der Waals surface area contributed by atoms with Crippen molar-refractivity contribution in [1.29, 1.82) is 0 Å². The van der Waals surface area contributed by atoms with Gasteiger partial charge in [0.2, 0.25) is 0 Å². The van der Waals surface area contributed by atoms with Crippen LogP contribution in [0, 0.1) is 18.6 Å². The van der Waals surface area contributed by atoms with Crippen molar-refractivity contribution in [3.8, 4) is 11.4 Å². The Kier molecular flexibility index (Phi) is 3.63. The summed E-state index contributed by atoms with van der Waals surface area (Å²) in [7, 11) is 1.66. The number of benzene rings is 2. The molecule has 1 heterocycles. The molecule has 0 fully saturated rings. The second kappa shape index (κ2) is 5.31. The Morgan fingerprint density at radius 2 is 1.86 bits per heavy atom. The summed E-state index contributed by atoms with van der Waals surface area (Å²) >= 11 is 9.11. The van der Waals surface area contributed by atoms with Crippen molar-refractivity contribution in [3.05, 3.63) is 50.7 Å². The van der Waals surface area contributed by atoms with Gasteiger partial charge < -0.3 is 9.72 Å².